The van der Waals surface area contributed by atoms with Gasteiger partial charge in [-0.2, -0.15) is 11.8 Å². The Kier molecular flexibility index (Phi) is 5.98. The summed E-state index contributed by atoms with van der Waals surface area (Å²) < 4.78 is 5.01. The number of methoxy groups -OCH3 is 1. The van der Waals surface area contributed by atoms with E-state index < -0.39 is 0 Å². The van der Waals surface area contributed by atoms with E-state index in [0.29, 0.717) is 11.8 Å². The van der Waals surface area contributed by atoms with Crippen molar-refractivity contribution in [2.24, 2.45) is 0 Å². The van der Waals surface area contributed by atoms with Crippen LogP contribution in [0.4, 0.5) is 0 Å². The van der Waals surface area contributed by atoms with Gasteiger partial charge < -0.3 is 4.74 Å². The summed E-state index contributed by atoms with van der Waals surface area (Å²) in [6.07, 6.45) is 1.16. The number of hydrogen-bond acceptors (Lipinski definition) is 4. The number of thioether (sulfide) groups is 1. The zero-order chi connectivity index (χ0) is 11.1. The van der Waals surface area contributed by atoms with Gasteiger partial charge in [-0.3, -0.25) is 0 Å². The normalized spacial score (nSPS) is 10.6. The van der Waals surface area contributed by atoms with Crippen molar-refractivity contribution in [3.8, 4) is 0 Å². The van der Waals surface area contributed by atoms with Gasteiger partial charge in [0.2, 0.25) is 0 Å². The molecule has 0 unspecified atom stereocenters. The van der Waals surface area contributed by atoms with Crippen molar-refractivity contribution in [1.82, 2.24) is 9.97 Å². The summed E-state index contributed by atoms with van der Waals surface area (Å²) >= 11 is 7.70. The molecule has 84 valence electrons. The number of nitrogens with zero attached hydrogens (tertiary/aromatic N) is 2. The lowest BCUT2D eigenvalue weighted by atomic mass is 10.4. The molecule has 0 radical (unpaired) electrons. The smallest absolute Gasteiger partial charge is 0.140 e. The molecule has 0 bridgehead atoms. The van der Waals surface area contributed by atoms with Crippen molar-refractivity contribution in [1.29, 1.82) is 0 Å². The van der Waals surface area contributed by atoms with Crippen molar-refractivity contribution in [2.45, 2.75) is 25.7 Å². The van der Waals surface area contributed by atoms with Gasteiger partial charge in [-0.1, -0.05) is 18.5 Å². The second-order valence-corrected chi connectivity index (χ2v) is 4.58. The molecule has 1 aromatic rings. The fourth-order valence-electron chi connectivity index (χ4n) is 1.11. The lowest BCUT2D eigenvalue weighted by molar-refractivity contribution is 0.181. The quantitative estimate of drug-likeness (QED) is 0.571. The minimum absolute atomic E-state index is 0.480. The van der Waals surface area contributed by atoms with Crippen LogP contribution in [0.5, 0.6) is 0 Å². The van der Waals surface area contributed by atoms with Crippen LogP contribution in [0.25, 0.3) is 0 Å². The van der Waals surface area contributed by atoms with Gasteiger partial charge in [0.05, 0.1) is 18.1 Å². The number of ether oxygens (including phenoxy) is 1. The molecular weight excluding hydrogens is 232 g/mol. The van der Waals surface area contributed by atoms with E-state index in [0.717, 1.165) is 29.4 Å². The summed E-state index contributed by atoms with van der Waals surface area (Å²) in [4.78, 5) is 8.52. The molecule has 1 aromatic heterocycles. The van der Waals surface area contributed by atoms with E-state index in [2.05, 4.69) is 16.9 Å². The molecular formula is C10H15ClN2OS. The van der Waals surface area contributed by atoms with Gasteiger partial charge in [0.15, 0.2) is 0 Å². The van der Waals surface area contributed by atoms with E-state index >= 15 is 0 Å². The van der Waals surface area contributed by atoms with E-state index in [4.69, 9.17) is 16.3 Å². The highest BCUT2D eigenvalue weighted by Gasteiger charge is 2.03. The minimum atomic E-state index is 0.480. The summed E-state index contributed by atoms with van der Waals surface area (Å²) in [7, 11) is 1.64. The molecule has 0 fully saturated rings. The van der Waals surface area contributed by atoms with Gasteiger partial charge in [0, 0.05) is 7.11 Å². The van der Waals surface area contributed by atoms with Gasteiger partial charge in [0.25, 0.3) is 0 Å². The summed E-state index contributed by atoms with van der Waals surface area (Å²) in [5.74, 6) is 2.72. The van der Waals surface area contributed by atoms with Gasteiger partial charge >= 0.3 is 0 Å². The van der Waals surface area contributed by atoms with Crippen molar-refractivity contribution in [3.63, 3.8) is 0 Å². The van der Waals surface area contributed by atoms with Crippen molar-refractivity contribution in [3.05, 3.63) is 22.7 Å². The SMILES string of the molecule is CCCSCc1nc(Cl)cc(COC)n1. The summed E-state index contributed by atoms with van der Waals surface area (Å²) in [6, 6.07) is 1.74. The maximum Gasteiger partial charge on any atom is 0.140 e. The Hall–Kier alpha value is -0.320. The Bertz CT molecular complexity index is 309. The van der Waals surface area contributed by atoms with Gasteiger partial charge in [-0.15, -0.1) is 0 Å². The highest BCUT2D eigenvalue weighted by atomic mass is 35.5. The zero-order valence-electron chi connectivity index (χ0n) is 8.99. The Morgan fingerprint density at radius 3 is 2.93 bits per heavy atom. The average molecular weight is 247 g/mol. The maximum atomic E-state index is 5.88. The Morgan fingerprint density at radius 1 is 1.47 bits per heavy atom. The van der Waals surface area contributed by atoms with Gasteiger partial charge in [0.1, 0.15) is 11.0 Å². The fourth-order valence-corrected chi connectivity index (χ4v) is 2.08. The molecule has 0 spiro atoms. The predicted molar refractivity (Wildman–Crippen MR) is 64.2 cm³/mol. The summed E-state index contributed by atoms with van der Waals surface area (Å²) in [5, 5.41) is 0.490. The van der Waals surface area contributed by atoms with Gasteiger partial charge in [-0.25, -0.2) is 9.97 Å². The number of halogens is 1. The molecule has 5 heteroatoms. The molecule has 0 atom stereocenters. The molecule has 0 aliphatic carbocycles. The minimum Gasteiger partial charge on any atom is -0.378 e. The first-order valence-electron chi connectivity index (χ1n) is 4.85. The molecule has 0 aliphatic heterocycles. The van der Waals surface area contributed by atoms with E-state index in [1.165, 1.54) is 0 Å². The summed E-state index contributed by atoms with van der Waals surface area (Å²) in [5.41, 5.74) is 0.838. The molecule has 0 amide bonds. The monoisotopic (exact) mass is 246 g/mol. The largest absolute Gasteiger partial charge is 0.378 e. The van der Waals surface area contributed by atoms with Crippen molar-refractivity contribution >= 4 is 23.4 Å². The van der Waals surface area contributed by atoms with Crippen molar-refractivity contribution < 1.29 is 4.74 Å². The summed E-state index contributed by atoms with van der Waals surface area (Å²) in [6.45, 7) is 2.63. The molecule has 1 rings (SSSR count). The number of aromatic nitrogens is 2. The molecule has 15 heavy (non-hydrogen) atoms. The van der Waals surface area contributed by atoms with E-state index in [1.807, 2.05) is 11.8 Å². The lowest BCUT2D eigenvalue weighted by Crippen LogP contribution is -2.00. The highest BCUT2D eigenvalue weighted by molar-refractivity contribution is 7.98. The second kappa shape index (κ2) is 7.04. The molecule has 1 heterocycles. The average Bonchev–Trinajstić information content (AvgIpc) is 2.18. The highest BCUT2D eigenvalue weighted by Crippen LogP contribution is 2.13. The Balaban J connectivity index is 2.62. The van der Waals surface area contributed by atoms with Crippen LogP contribution >= 0.6 is 23.4 Å². The third-order valence-electron chi connectivity index (χ3n) is 1.67. The van der Waals surface area contributed by atoms with Gasteiger partial charge in [-0.05, 0) is 18.2 Å². The van der Waals surface area contributed by atoms with Crippen molar-refractivity contribution in [2.75, 3.05) is 12.9 Å². The molecule has 0 N–H and O–H groups in total. The van der Waals surface area contributed by atoms with Crippen LogP contribution in [-0.2, 0) is 17.1 Å². The Labute approximate surface area is 99.6 Å². The van der Waals surface area contributed by atoms with E-state index in [-0.39, 0.29) is 0 Å². The first kappa shape index (κ1) is 12.7. The maximum absolute atomic E-state index is 5.88. The topological polar surface area (TPSA) is 35.0 Å². The van der Waals surface area contributed by atoms with E-state index in [1.54, 1.807) is 13.2 Å². The van der Waals surface area contributed by atoms with Crippen LogP contribution in [-0.4, -0.2) is 22.8 Å². The predicted octanol–water partition coefficient (Wildman–Crippen LogP) is 2.92. The molecule has 0 aliphatic rings. The van der Waals surface area contributed by atoms with Crippen LogP contribution in [0.1, 0.15) is 24.9 Å². The molecule has 0 saturated heterocycles. The number of rotatable bonds is 6. The van der Waals surface area contributed by atoms with Crippen LogP contribution in [0.15, 0.2) is 6.07 Å². The first-order chi connectivity index (χ1) is 7.26. The molecule has 0 saturated carbocycles. The standard InChI is InChI=1S/C10H15ClN2OS/c1-3-4-15-7-10-12-8(6-14-2)5-9(11)13-10/h5H,3-4,6-7H2,1-2H3. The van der Waals surface area contributed by atoms with E-state index in [9.17, 15) is 0 Å². The Morgan fingerprint density at radius 2 is 2.27 bits per heavy atom. The van der Waals surface area contributed by atoms with Crippen LogP contribution in [0, 0.1) is 0 Å². The van der Waals surface area contributed by atoms with Crippen LogP contribution in [0.2, 0.25) is 5.15 Å². The molecule has 3 nitrogen and oxygen atoms in total. The third kappa shape index (κ3) is 4.82. The zero-order valence-corrected chi connectivity index (χ0v) is 10.6. The van der Waals surface area contributed by atoms with Crippen LogP contribution in [0.3, 0.4) is 0 Å². The lowest BCUT2D eigenvalue weighted by Gasteiger charge is -2.03. The first-order valence-corrected chi connectivity index (χ1v) is 6.38. The molecule has 0 aromatic carbocycles. The number of hydrogen-bond donors (Lipinski definition) is 0. The second-order valence-electron chi connectivity index (χ2n) is 3.08. The third-order valence-corrected chi connectivity index (χ3v) is 3.02. The van der Waals surface area contributed by atoms with Crippen LogP contribution < -0.4 is 0 Å². The fraction of sp³-hybridized carbons (Fsp3) is 0.600.